The first-order valence-electron chi connectivity index (χ1n) is 8.32. The van der Waals surface area contributed by atoms with E-state index in [-0.39, 0.29) is 30.4 Å². The molecule has 2 atom stereocenters. The Morgan fingerprint density at radius 1 is 1.36 bits per heavy atom. The Balaban J connectivity index is 1.71. The molecule has 0 bridgehead atoms. The number of nitrogens with one attached hydrogen (secondary N) is 1. The Labute approximate surface area is 146 Å². The van der Waals surface area contributed by atoms with Gasteiger partial charge in [-0.25, -0.2) is 0 Å². The first kappa shape index (κ1) is 17.2. The van der Waals surface area contributed by atoms with E-state index in [9.17, 15) is 14.7 Å². The van der Waals surface area contributed by atoms with Gasteiger partial charge in [0.25, 0.3) is 11.8 Å². The lowest BCUT2D eigenvalue weighted by Gasteiger charge is -2.38. The van der Waals surface area contributed by atoms with Crippen LogP contribution < -0.4 is 5.32 Å². The second-order valence-corrected chi connectivity index (χ2v) is 6.31. The maximum absolute atomic E-state index is 12.7. The van der Waals surface area contributed by atoms with E-state index >= 15 is 0 Å². The molecule has 1 saturated heterocycles. The monoisotopic (exact) mass is 342 g/mol. The number of aryl methyl sites for hydroxylation is 1. The van der Waals surface area contributed by atoms with Crippen molar-refractivity contribution in [2.24, 2.45) is 13.0 Å². The van der Waals surface area contributed by atoms with Crippen molar-refractivity contribution in [3.05, 3.63) is 54.1 Å². The van der Waals surface area contributed by atoms with E-state index in [0.717, 1.165) is 0 Å². The van der Waals surface area contributed by atoms with Crippen molar-refractivity contribution in [1.29, 1.82) is 0 Å². The summed E-state index contributed by atoms with van der Waals surface area (Å²) in [5.41, 5.74) is 1.07. The van der Waals surface area contributed by atoms with Crippen LogP contribution in [0.3, 0.4) is 0 Å². The van der Waals surface area contributed by atoms with Crippen molar-refractivity contribution in [1.82, 2.24) is 19.8 Å². The van der Waals surface area contributed by atoms with E-state index in [4.69, 9.17) is 0 Å². The minimum Gasteiger partial charge on any atom is -0.396 e. The molecule has 0 saturated carbocycles. The van der Waals surface area contributed by atoms with Gasteiger partial charge in [-0.1, -0.05) is 0 Å². The molecule has 2 aromatic rings. The summed E-state index contributed by atoms with van der Waals surface area (Å²) in [6, 6.07) is 6.70. The van der Waals surface area contributed by atoms with Gasteiger partial charge in [-0.3, -0.25) is 14.6 Å². The molecule has 0 aliphatic carbocycles. The molecule has 1 fully saturated rings. The first-order chi connectivity index (χ1) is 12.1. The van der Waals surface area contributed by atoms with Crippen molar-refractivity contribution in [3.8, 4) is 0 Å². The van der Waals surface area contributed by atoms with Gasteiger partial charge in [0.15, 0.2) is 0 Å². The Hall–Kier alpha value is -2.67. The highest BCUT2D eigenvalue weighted by molar-refractivity contribution is 5.94. The van der Waals surface area contributed by atoms with Crippen LogP contribution >= 0.6 is 0 Å². The molecule has 2 aromatic heterocycles. The van der Waals surface area contributed by atoms with Crippen LogP contribution in [0.1, 0.15) is 27.3 Å². The number of carbonyl (C=O) groups excluding carboxylic acids is 2. The van der Waals surface area contributed by atoms with E-state index in [1.807, 2.05) is 19.3 Å². The fraction of sp³-hybridized carbons (Fsp3) is 0.389. The zero-order chi connectivity index (χ0) is 17.8. The fourth-order valence-electron chi connectivity index (χ4n) is 3.16. The van der Waals surface area contributed by atoms with E-state index in [0.29, 0.717) is 30.8 Å². The van der Waals surface area contributed by atoms with Gasteiger partial charge in [0.2, 0.25) is 0 Å². The van der Waals surface area contributed by atoms with Crippen LogP contribution in [0.5, 0.6) is 0 Å². The van der Waals surface area contributed by atoms with Gasteiger partial charge in [0, 0.05) is 51.3 Å². The number of rotatable bonds is 4. The molecular formula is C18H22N4O3. The summed E-state index contributed by atoms with van der Waals surface area (Å²) < 4.78 is 1.78. The van der Waals surface area contributed by atoms with Crippen LogP contribution in [0.25, 0.3) is 0 Å². The predicted molar refractivity (Wildman–Crippen MR) is 92.0 cm³/mol. The summed E-state index contributed by atoms with van der Waals surface area (Å²) in [6.07, 6.45) is 5.58. The molecule has 0 spiro atoms. The van der Waals surface area contributed by atoms with Gasteiger partial charge in [0.05, 0.1) is 11.6 Å². The number of aromatic nitrogens is 2. The third kappa shape index (κ3) is 3.71. The van der Waals surface area contributed by atoms with E-state index in [1.165, 1.54) is 6.20 Å². The highest BCUT2D eigenvalue weighted by atomic mass is 16.3. The number of hydrogen-bond acceptors (Lipinski definition) is 4. The number of nitrogens with zero attached hydrogens (tertiary/aromatic N) is 3. The number of likely N-dealkylation sites (tertiary alicyclic amines) is 1. The van der Waals surface area contributed by atoms with Crippen LogP contribution in [-0.2, 0) is 7.05 Å². The van der Waals surface area contributed by atoms with Crippen molar-refractivity contribution in [2.45, 2.75) is 12.5 Å². The molecule has 0 radical (unpaired) electrons. The van der Waals surface area contributed by atoms with Crippen molar-refractivity contribution >= 4 is 11.8 Å². The standard InChI is InChI=1S/C18H22N4O3/c1-21-8-3-5-16(21)18(25)22-9-6-14(12-23)15(11-22)20-17(24)13-4-2-7-19-10-13/h2-5,7-8,10,14-15,23H,6,9,11-12H2,1H3,(H,20,24)/t14-,15-/m1/s1. The smallest absolute Gasteiger partial charge is 0.270 e. The maximum Gasteiger partial charge on any atom is 0.270 e. The summed E-state index contributed by atoms with van der Waals surface area (Å²) in [5.74, 6) is -0.382. The fourth-order valence-corrected chi connectivity index (χ4v) is 3.16. The molecule has 1 aliphatic rings. The average Bonchev–Trinajstić information content (AvgIpc) is 3.07. The molecule has 3 rings (SSSR count). The van der Waals surface area contributed by atoms with Gasteiger partial charge in [0.1, 0.15) is 5.69 Å². The topological polar surface area (TPSA) is 87.5 Å². The lowest BCUT2D eigenvalue weighted by atomic mass is 9.91. The number of hydrogen-bond donors (Lipinski definition) is 2. The zero-order valence-corrected chi connectivity index (χ0v) is 14.1. The van der Waals surface area contributed by atoms with Gasteiger partial charge in [-0.05, 0) is 30.7 Å². The third-order valence-corrected chi connectivity index (χ3v) is 4.68. The Bertz CT molecular complexity index is 744. The second-order valence-electron chi connectivity index (χ2n) is 6.31. The van der Waals surface area contributed by atoms with Gasteiger partial charge >= 0.3 is 0 Å². The third-order valence-electron chi connectivity index (χ3n) is 4.68. The number of carbonyl (C=O) groups is 2. The molecule has 7 heteroatoms. The average molecular weight is 342 g/mol. The number of pyridine rings is 1. The largest absolute Gasteiger partial charge is 0.396 e. The molecule has 3 heterocycles. The lowest BCUT2D eigenvalue weighted by molar-refractivity contribution is 0.0534. The highest BCUT2D eigenvalue weighted by Crippen LogP contribution is 2.20. The summed E-state index contributed by atoms with van der Waals surface area (Å²) >= 11 is 0. The van der Waals surface area contributed by atoms with E-state index in [1.54, 1.807) is 33.9 Å². The number of piperidine rings is 1. The van der Waals surface area contributed by atoms with Crippen LogP contribution in [0.4, 0.5) is 0 Å². The quantitative estimate of drug-likeness (QED) is 0.855. The molecule has 2 N–H and O–H groups in total. The van der Waals surface area contributed by atoms with E-state index in [2.05, 4.69) is 10.3 Å². The summed E-state index contributed by atoms with van der Waals surface area (Å²) in [7, 11) is 1.83. The van der Waals surface area contributed by atoms with Crippen LogP contribution in [0.15, 0.2) is 42.9 Å². The zero-order valence-electron chi connectivity index (χ0n) is 14.1. The minimum absolute atomic E-state index is 0.0236. The lowest BCUT2D eigenvalue weighted by Crippen LogP contribution is -2.55. The normalized spacial score (nSPS) is 20.3. The summed E-state index contributed by atoms with van der Waals surface area (Å²) in [5, 5.41) is 12.6. The van der Waals surface area contributed by atoms with Crippen LogP contribution in [-0.4, -0.2) is 57.1 Å². The number of aliphatic hydroxyl groups is 1. The first-order valence-corrected chi connectivity index (χ1v) is 8.32. The minimum atomic E-state index is -0.296. The maximum atomic E-state index is 12.7. The second kappa shape index (κ2) is 7.48. The van der Waals surface area contributed by atoms with E-state index < -0.39 is 0 Å². The number of amides is 2. The summed E-state index contributed by atoms with van der Waals surface area (Å²) in [6.45, 7) is 0.917. The molecule has 0 unspecified atom stereocenters. The Morgan fingerprint density at radius 2 is 2.20 bits per heavy atom. The molecule has 132 valence electrons. The Kier molecular flexibility index (Phi) is 5.14. The molecule has 2 amide bonds. The van der Waals surface area contributed by atoms with Crippen molar-refractivity contribution < 1.29 is 14.7 Å². The van der Waals surface area contributed by atoms with Crippen LogP contribution in [0.2, 0.25) is 0 Å². The van der Waals surface area contributed by atoms with Crippen molar-refractivity contribution in [3.63, 3.8) is 0 Å². The highest BCUT2D eigenvalue weighted by Gasteiger charge is 2.33. The molecule has 0 aromatic carbocycles. The van der Waals surface area contributed by atoms with Gasteiger partial charge in [-0.2, -0.15) is 0 Å². The Morgan fingerprint density at radius 3 is 2.84 bits per heavy atom. The molecule has 7 nitrogen and oxygen atoms in total. The number of aliphatic hydroxyl groups excluding tert-OH is 1. The van der Waals surface area contributed by atoms with Gasteiger partial charge < -0.3 is 19.9 Å². The van der Waals surface area contributed by atoms with Crippen molar-refractivity contribution in [2.75, 3.05) is 19.7 Å². The van der Waals surface area contributed by atoms with Gasteiger partial charge in [-0.15, -0.1) is 0 Å². The molecule has 25 heavy (non-hydrogen) atoms. The SMILES string of the molecule is Cn1cccc1C(=O)N1CC[C@H](CO)[C@H](NC(=O)c2cccnc2)C1. The summed E-state index contributed by atoms with van der Waals surface area (Å²) in [4.78, 5) is 30.8. The molecule has 1 aliphatic heterocycles. The van der Waals surface area contributed by atoms with Crippen LogP contribution in [0, 0.1) is 5.92 Å². The molecular weight excluding hydrogens is 320 g/mol. The predicted octanol–water partition coefficient (Wildman–Crippen LogP) is 0.673.